The molecule has 7 heteroatoms. The fourth-order valence-corrected chi connectivity index (χ4v) is 1.18. The molecule has 0 amide bonds. The van der Waals surface area contributed by atoms with Gasteiger partial charge in [0.2, 0.25) is 0 Å². The Labute approximate surface area is 101 Å². The average molecular weight is 263 g/mol. The minimum Gasteiger partial charge on any atom is -0.478 e. The molecular formula is C11H12F3NO3. The molecule has 3 N–H and O–H groups in total. The van der Waals surface area contributed by atoms with E-state index in [2.05, 4.69) is 0 Å². The molecule has 100 valence electrons. The van der Waals surface area contributed by atoms with Crippen LogP contribution in [0.2, 0.25) is 0 Å². The van der Waals surface area contributed by atoms with Crippen LogP contribution in [0.1, 0.15) is 19.4 Å². The molecule has 0 saturated heterocycles. The molecule has 1 rings (SSSR count). The number of hydrogen-bond acceptors (Lipinski definition) is 3. The lowest BCUT2D eigenvalue weighted by Crippen LogP contribution is -2.38. The number of benzene rings is 1. The van der Waals surface area contributed by atoms with Crippen molar-refractivity contribution in [3.63, 3.8) is 0 Å². The smallest absolute Gasteiger partial charge is 0.420 e. The molecular weight excluding hydrogens is 251 g/mol. The Morgan fingerprint density at radius 2 is 1.89 bits per heavy atom. The number of carboxylic acid groups (broad SMARTS) is 1. The van der Waals surface area contributed by atoms with Crippen LogP contribution in [-0.2, 0) is 11.0 Å². The highest BCUT2D eigenvalue weighted by molar-refractivity contribution is 5.77. The van der Waals surface area contributed by atoms with Crippen LogP contribution in [0, 0.1) is 0 Å². The van der Waals surface area contributed by atoms with Gasteiger partial charge in [-0.15, -0.1) is 0 Å². The predicted octanol–water partition coefficient (Wildman–Crippen LogP) is 2.53. The van der Waals surface area contributed by atoms with E-state index >= 15 is 0 Å². The zero-order chi connectivity index (χ0) is 14.1. The van der Waals surface area contributed by atoms with Crippen molar-refractivity contribution in [2.45, 2.75) is 25.6 Å². The van der Waals surface area contributed by atoms with Crippen LogP contribution in [0.5, 0.6) is 5.75 Å². The highest BCUT2D eigenvalue weighted by Crippen LogP contribution is 2.38. The Morgan fingerprint density at radius 1 is 1.33 bits per heavy atom. The number of aliphatic carboxylic acids is 1. The number of anilines is 1. The highest BCUT2D eigenvalue weighted by Gasteiger charge is 2.38. The molecule has 1 aromatic rings. The van der Waals surface area contributed by atoms with E-state index in [-0.39, 0.29) is 5.69 Å². The first-order valence-corrected chi connectivity index (χ1v) is 4.93. The summed E-state index contributed by atoms with van der Waals surface area (Å²) in [5.41, 5.74) is 2.33. The number of nitrogens with two attached hydrogens (primary N) is 1. The lowest BCUT2D eigenvalue weighted by Gasteiger charge is -2.24. The zero-order valence-corrected chi connectivity index (χ0v) is 9.71. The van der Waals surface area contributed by atoms with Crippen LogP contribution in [0.4, 0.5) is 18.9 Å². The third-order valence-corrected chi connectivity index (χ3v) is 2.19. The summed E-state index contributed by atoms with van der Waals surface area (Å²) in [6.07, 6.45) is -4.67. The van der Waals surface area contributed by atoms with Gasteiger partial charge in [-0.05, 0) is 32.0 Å². The summed E-state index contributed by atoms with van der Waals surface area (Å²) in [5.74, 6) is -1.93. The summed E-state index contributed by atoms with van der Waals surface area (Å²) >= 11 is 0. The van der Waals surface area contributed by atoms with Gasteiger partial charge in [-0.3, -0.25) is 0 Å². The van der Waals surface area contributed by atoms with Gasteiger partial charge < -0.3 is 15.6 Å². The van der Waals surface area contributed by atoms with Crippen LogP contribution in [-0.4, -0.2) is 16.7 Å². The van der Waals surface area contributed by atoms with Crippen molar-refractivity contribution in [1.29, 1.82) is 0 Å². The van der Waals surface area contributed by atoms with E-state index in [4.69, 9.17) is 15.6 Å². The molecule has 0 unspecified atom stereocenters. The van der Waals surface area contributed by atoms with Gasteiger partial charge in [0.25, 0.3) is 0 Å². The Morgan fingerprint density at radius 3 is 2.33 bits per heavy atom. The first-order valence-electron chi connectivity index (χ1n) is 4.93. The fraction of sp³-hybridized carbons (Fsp3) is 0.364. The standard InChI is InChI=1S/C11H12F3NO3/c1-10(2,9(16)17)18-8-4-3-6(15)5-7(8)11(12,13)14/h3-5H,15H2,1-2H3,(H,16,17). The normalized spacial score (nSPS) is 12.3. The van der Waals surface area contributed by atoms with Crippen LogP contribution in [0.15, 0.2) is 18.2 Å². The van der Waals surface area contributed by atoms with Crippen molar-refractivity contribution in [1.82, 2.24) is 0 Å². The molecule has 4 nitrogen and oxygen atoms in total. The van der Waals surface area contributed by atoms with E-state index in [1.165, 1.54) is 6.07 Å². The van der Waals surface area contributed by atoms with Gasteiger partial charge in [0.1, 0.15) is 5.75 Å². The number of rotatable bonds is 3. The van der Waals surface area contributed by atoms with E-state index < -0.39 is 29.1 Å². The second-order valence-corrected chi connectivity index (χ2v) is 4.17. The van der Waals surface area contributed by atoms with Crippen molar-refractivity contribution in [3.05, 3.63) is 23.8 Å². The molecule has 0 aliphatic rings. The molecule has 1 aromatic carbocycles. The monoisotopic (exact) mass is 263 g/mol. The first-order chi connectivity index (χ1) is 8.04. The van der Waals surface area contributed by atoms with Gasteiger partial charge in [0.15, 0.2) is 5.60 Å². The Hall–Kier alpha value is -1.92. The number of hydrogen-bond donors (Lipinski definition) is 2. The lowest BCUT2D eigenvalue weighted by molar-refractivity contribution is -0.155. The maximum atomic E-state index is 12.7. The summed E-state index contributed by atoms with van der Waals surface area (Å²) in [5, 5.41) is 8.82. The van der Waals surface area contributed by atoms with Crippen LogP contribution >= 0.6 is 0 Å². The van der Waals surface area contributed by atoms with E-state index in [9.17, 15) is 18.0 Å². The maximum Gasteiger partial charge on any atom is 0.420 e. The highest BCUT2D eigenvalue weighted by atomic mass is 19.4. The SMILES string of the molecule is CC(C)(Oc1ccc(N)cc1C(F)(F)F)C(=O)O. The number of halogens is 3. The van der Waals surface area contributed by atoms with Crippen molar-refractivity contribution in [3.8, 4) is 5.75 Å². The van der Waals surface area contributed by atoms with E-state index in [1.807, 2.05) is 0 Å². The third kappa shape index (κ3) is 3.06. The molecule has 0 aliphatic heterocycles. The largest absolute Gasteiger partial charge is 0.478 e. The van der Waals surface area contributed by atoms with Gasteiger partial charge in [-0.1, -0.05) is 0 Å². The molecule has 0 saturated carbocycles. The van der Waals surface area contributed by atoms with Crippen molar-refractivity contribution < 1.29 is 27.8 Å². The minimum absolute atomic E-state index is 0.0807. The molecule has 0 atom stereocenters. The molecule has 0 fully saturated rings. The fourth-order valence-electron chi connectivity index (χ4n) is 1.18. The van der Waals surface area contributed by atoms with Gasteiger partial charge >= 0.3 is 12.1 Å². The summed E-state index contributed by atoms with van der Waals surface area (Å²) in [7, 11) is 0. The van der Waals surface area contributed by atoms with Crippen molar-refractivity contribution in [2.75, 3.05) is 5.73 Å². The number of alkyl halides is 3. The molecule has 0 spiro atoms. The minimum atomic E-state index is -4.67. The second kappa shape index (κ2) is 4.40. The molecule has 0 heterocycles. The van der Waals surface area contributed by atoms with Crippen LogP contribution < -0.4 is 10.5 Å². The molecule has 0 radical (unpaired) electrons. The van der Waals surface area contributed by atoms with Crippen molar-refractivity contribution >= 4 is 11.7 Å². The summed E-state index contributed by atoms with van der Waals surface area (Å²) in [4.78, 5) is 10.8. The Bertz CT molecular complexity index is 469. The van der Waals surface area contributed by atoms with Crippen molar-refractivity contribution in [2.24, 2.45) is 0 Å². The third-order valence-electron chi connectivity index (χ3n) is 2.19. The van der Waals surface area contributed by atoms with E-state index in [1.54, 1.807) is 0 Å². The lowest BCUT2D eigenvalue weighted by atomic mass is 10.1. The van der Waals surface area contributed by atoms with Crippen LogP contribution in [0.3, 0.4) is 0 Å². The van der Waals surface area contributed by atoms with E-state index in [0.717, 1.165) is 19.9 Å². The predicted molar refractivity (Wildman–Crippen MR) is 58.2 cm³/mol. The number of carbonyl (C=O) groups is 1. The maximum absolute atomic E-state index is 12.7. The van der Waals surface area contributed by atoms with Gasteiger partial charge in [-0.25, -0.2) is 4.79 Å². The number of nitrogen functional groups attached to an aromatic ring is 1. The van der Waals surface area contributed by atoms with Crippen LogP contribution in [0.25, 0.3) is 0 Å². The first kappa shape index (κ1) is 14.1. The molecule has 0 aromatic heterocycles. The molecule has 0 aliphatic carbocycles. The van der Waals surface area contributed by atoms with Gasteiger partial charge in [0.05, 0.1) is 5.56 Å². The Balaban J connectivity index is 3.22. The summed E-state index contributed by atoms with van der Waals surface area (Å²) < 4.78 is 43.1. The summed E-state index contributed by atoms with van der Waals surface area (Å²) in [6, 6.07) is 2.92. The Kier molecular flexibility index (Phi) is 3.45. The topological polar surface area (TPSA) is 72.5 Å². The molecule has 0 bridgehead atoms. The summed E-state index contributed by atoms with van der Waals surface area (Å²) in [6.45, 7) is 2.32. The zero-order valence-electron chi connectivity index (χ0n) is 9.71. The number of carboxylic acids is 1. The number of ether oxygens (including phenoxy) is 1. The van der Waals surface area contributed by atoms with E-state index in [0.29, 0.717) is 6.07 Å². The van der Waals surface area contributed by atoms with Gasteiger partial charge in [0, 0.05) is 5.69 Å². The van der Waals surface area contributed by atoms with Gasteiger partial charge in [-0.2, -0.15) is 13.2 Å². The average Bonchev–Trinajstić information content (AvgIpc) is 2.18. The molecule has 18 heavy (non-hydrogen) atoms. The second-order valence-electron chi connectivity index (χ2n) is 4.17. The quantitative estimate of drug-likeness (QED) is 0.822.